The Kier molecular flexibility index (Phi) is 4.94. The van der Waals surface area contributed by atoms with Gasteiger partial charge in [0.05, 0.1) is 5.75 Å². The van der Waals surface area contributed by atoms with Crippen LogP contribution in [0.25, 0.3) is 0 Å². The summed E-state index contributed by atoms with van der Waals surface area (Å²) in [4.78, 5) is 0. The third kappa shape index (κ3) is 3.67. The van der Waals surface area contributed by atoms with Gasteiger partial charge >= 0.3 is 0 Å². The summed E-state index contributed by atoms with van der Waals surface area (Å²) in [6.07, 6.45) is 0.758. The SMILES string of the molecule is Cl.NC1CCN(S(=O)(=O)Cc2ccccc2)C1. The van der Waals surface area contributed by atoms with Gasteiger partial charge in [0, 0.05) is 19.1 Å². The number of hydrogen-bond acceptors (Lipinski definition) is 3. The highest BCUT2D eigenvalue weighted by Gasteiger charge is 2.29. The number of benzene rings is 1. The van der Waals surface area contributed by atoms with E-state index in [4.69, 9.17) is 5.73 Å². The molecular formula is C11H17ClN2O2S. The van der Waals surface area contributed by atoms with Crippen LogP contribution in [-0.4, -0.2) is 31.9 Å². The van der Waals surface area contributed by atoms with Crippen LogP contribution in [0, 0.1) is 0 Å². The first-order chi connectivity index (χ1) is 7.58. The van der Waals surface area contributed by atoms with Crippen molar-refractivity contribution in [3.05, 3.63) is 35.9 Å². The molecule has 1 saturated heterocycles. The maximum atomic E-state index is 12.0. The molecule has 4 nitrogen and oxygen atoms in total. The van der Waals surface area contributed by atoms with Gasteiger partial charge in [-0.05, 0) is 12.0 Å². The average molecular weight is 277 g/mol. The quantitative estimate of drug-likeness (QED) is 0.895. The Hall–Kier alpha value is -0.620. The largest absolute Gasteiger partial charge is 0.326 e. The van der Waals surface area contributed by atoms with Crippen molar-refractivity contribution in [1.29, 1.82) is 0 Å². The minimum absolute atomic E-state index is 0. The summed E-state index contributed by atoms with van der Waals surface area (Å²) in [6, 6.07) is 9.22. The van der Waals surface area contributed by atoms with E-state index in [1.807, 2.05) is 30.3 Å². The lowest BCUT2D eigenvalue weighted by Crippen LogP contribution is -2.32. The van der Waals surface area contributed by atoms with Crippen molar-refractivity contribution in [1.82, 2.24) is 4.31 Å². The average Bonchev–Trinajstić information content (AvgIpc) is 2.66. The van der Waals surface area contributed by atoms with Gasteiger partial charge in [-0.15, -0.1) is 12.4 Å². The van der Waals surface area contributed by atoms with E-state index >= 15 is 0 Å². The molecule has 1 aliphatic rings. The number of rotatable bonds is 3. The van der Waals surface area contributed by atoms with Crippen LogP contribution in [0.3, 0.4) is 0 Å². The van der Waals surface area contributed by atoms with Crippen molar-refractivity contribution in [3.8, 4) is 0 Å². The van der Waals surface area contributed by atoms with E-state index in [1.165, 1.54) is 4.31 Å². The topological polar surface area (TPSA) is 63.4 Å². The number of hydrogen-bond donors (Lipinski definition) is 1. The molecule has 1 aromatic carbocycles. The molecule has 96 valence electrons. The van der Waals surface area contributed by atoms with Gasteiger partial charge < -0.3 is 5.73 Å². The fraction of sp³-hybridized carbons (Fsp3) is 0.455. The maximum Gasteiger partial charge on any atom is 0.218 e. The lowest BCUT2D eigenvalue weighted by molar-refractivity contribution is 0.471. The summed E-state index contributed by atoms with van der Waals surface area (Å²) in [7, 11) is -3.19. The summed E-state index contributed by atoms with van der Waals surface area (Å²) in [6.45, 7) is 1.01. The normalized spacial score (nSPS) is 21.1. The Morgan fingerprint density at radius 2 is 1.94 bits per heavy atom. The van der Waals surface area contributed by atoms with Crippen molar-refractivity contribution in [2.75, 3.05) is 13.1 Å². The Morgan fingerprint density at radius 3 is 2.47 bits per heavy atom. The zero-order valence-corrected chi connectivity index (χ0v) is 11.1. The monoisotopic (exact) mass is 276 g/mol. The smallest absolute Gasteiger partial charge is 0.218 e. The molecule has 1 aromatic rings. The zero-order valence-electron chi connectivity index (χ0n) is 9.45. The minimum atomic E-state index is -3.19. The molecule has 0 saturated carbocycles. The molecule has 0 aliphatic carbocycles. The second-order valence-electron chi connectivity index (χ2n) is 4.15. The highest BCUT2D eigenvalue weighted by molar-refractivity contribution is 7.88. The molecule has 1 unspecified atom stereocenters. The molecule has 2 N–H and O–H groups in total. The predicted octanol–water partition coefficient (Wildman–Crippen LogP) is 0.971. The predicted molar refractivity (Wildman–Crippen MR) is 70.5 cm³/mol. The van der Waals surface area contributed by atoms with E-state index in [9.17, 15) is 8.42 Å². The van der Waals surface area contributed by atoms with Crippen LogP contribution in [0.1, 0.15) is 12.0 Å². The van der Waals surface area contributed by atoms with Gasteiger partial charge in [-0.25, -0.2) is 12.7 Å². The van der Waals surface area contributed by atoms with Crippen molar-refractivity contribution in [2.45, 2.75) is 18.2 Å². The summed E-state index contributed by atoms with van der Waals surface area (Å²) < 4.78 is 25.5. The van der Waals surface area contributed by atoms with Gasteiger partial charge in [-0.3, -0.25) is 0 Å². The number of nitrogens with two attached hydrogens (primary N) is 1. The molecule has 0 aromatic heterocycles. The Bertz CT molecular complexity index is 450. The number of halogens is 1. The molecule has 1 heterocycles. The van der Waals surface area contributed by atoms with Crippen molar-refractivity contribution >= 4 is 22.4 Å². The molecule has 17 heavy (non-hydrogen) atoms. The fourth-order valence-electron chi connectivity index (χ4n) is 1.88. The van der Waals surface area contributed by atoms with Gasteiger partial charge in [-0.2, -0.15) is 0 Å². The van der Waals surface area contributed by atoms with Gasteiger partial charge in [0.1, 0.15) is 0 Å². The second kappa shape index (κ2) is 5.82. The van der Waals surface area contributed by atoms with Crippen molar-refractivity contribution in [3.63, 3.8) is 0 Å². The molecule has 1 atom stereocenters. The fourth-order valence-corrected chi connectivity index (χ4v) is 3.48. The van der Waals surface area contributed by atoms with Crippen LogP contribution >= 0.6 is 12.4 Å². The van der Waals surface area contributed by atoms with Crippen LogP contribution in [0.5, 0.6) is 0 Å². The standard InChI is InChI=1S/C11H16N2O2S.ClH/c12-11-6-7-13(8-11)16(14,15)9-10-4-2-1-3-5-10;/h1-5,11H,6-9,12H2;1H. The summed E-state index contributed by atoms with van der Waals surface area (Å²) in [5.41, 5.74) is 6.53. The van der Waals surface area contributed by atoms with Crippen LogP contribution in [0.2, 0.25) is 0 Å². The van der Waals surface area contributed by atoms with E-state index < -0.39 is 10.0 Å². The van der Waals surface area contributed by atoms with Gasteiger partial charge in [-0.1, -0.05) is 30.3 Å². The van der Waals surface area contributed by atoms with Crippen LogP contribution < -0.4 is 5.73 Å². The second-order valence-corrected chi connectivity index (χ2v) is 6.12. The molecule has 0 bridgehead atoms. The van der Waals surface area contributed by atoms with Crippen molar-refractivity contribution < 1.29 is 8.42 Å². The van der Waals surface area contributed by atoms with Crippen LogP contribution in [0.4, 0.5) is 0 Å². The van der Waals surface area contributed by atoms with Crippen molar-refractivity contribution in [2.24, 2.45) is 5.73 Å². The molecule has 0 amide bonds. The lowest BCUT2D eigenvalue weighted by atomic mass is 10.2. The third-order valence-corrected chi connectivity index (χ3v) is 4.59. The first-order valence-electron chi connectivity index (χ1n) is 5.35. The Labute approximate surface area is 108 Å². The first kappa shape index (κ1) is 14.4. The summed E-state index contributed by atoms with van der Waals surface area (Å²) in [5.74, 6) is 0.0700. The zero-order chi connectivity index (χ0) is 11.6. The van der Waals surface area contributed by atoms with Crippen LogP contribution in [-0.2, 0) is 15.8 Å². The molecule has 0 radical (unpaired) electrons. The summed E-state index contributed by atoms with van der Waals surface area (Å²) in [5, 5.41) is 0. The minimum Gasteiger partial charge on any atom is -0.326 e. The molecule has 1 aliphatic heterocycles. The van der Waals surface area contributed by atoms with E-state index in [1.54, 1.807) is 0 Å². The van der Waals surface area contributed by atoms with E-state index in [0.717, 1.165) is 12.0 Å². The maximum absolute atomic E-state index is 12.0. The molecule has 0 spiro atoms. The van der Waals surface area contributed by atoms with Gasteiger partial charge in [0.15, 0.2) is 0 Å². The van der Waals surface area contributed by atoms with Crippen LogP contribution in [0.15, 0.2) is 30.3 Å². The third-order valence-electron chi connectivity index (χ3n) is 2.77. The highest BCUT2D eigenvalue weighted by atomic mass is 35.5. The van der Waals surface area contributed by atoms with E-state index in [-0.39, 0.29) is 24.2 Å². The molecule has 2 rings (SSSR count). The number of nitrogens with zero attached hydrogens (tertiary/aromatic N) is 1. The van der Waals surface area contributed by atoms with Gasteiger partial charge in [0.25, 0.3) is 0 Å². The van der Waals surface area contributed by atoms with E-state index in [2.05, 4.69) is 0 Å². The molecule has 6 heteroatoms. The van der Waals surface area contributed by atoms with Gasteiger partial charge in [0.2, 0.25) is 10.0 Å². The van der Waals surface area contributed by atoms with E-state index in [0.29, 0.717) is 13.1 Å². The molecule has 1 fully saturated rings. The Morgan fingerprint density at radius 1 is 1.29 bits per heavy atom. The number of sulfonamides is 1. The summed E-state index contributed by atoms with van der Waals surface area (Å²) >= 11 is 0. The lowest BCUT2D eigenvalue weighted by Gasteiger charge is -2.15. The first-order valence-corrected chi connectivity index (χ1v) is 6.96. The highest BCUT2D eigenvalue weighted by Crippen LogP contribution is 2.16. The Balaban J connectivity index is 0.00000144. The molecular weight excluding hydrogens is 260 g/mol.